The van der Waals surface area contributed by atoms with E-state index in [1.807, 2.05) is 18.2 Å². The van der Waals surface area contributed by atoms with E-state index in [9.17, 15) is 5.11 Å². The molecule has 1 aromatic rings. The van der Waals surface area contributed by atoms with Crippen molar-refractivity contribution < 1.29 is 5.11 Å². The number of rotatable bonds is 8. The van der Waals surface area contributed by atoms with E-state index >= 15 is 0 Å². The minimum absolute atomic E-state index is 0.111. The lowest BCUT2D eigenvalue weighted by Crippen LogP contribution is -2.40. The van der Waals surface area contributed by atoms with E-state index in [1.165, 1.54) is 5.56 Å². The maximum atomic E-state index is 9.42. The molecule has 0 aromatic heterocycles. The van der Waals surface area contributed by atoms with Crippen molar-refractivity contribution in [3.63, 3.8) is 0 Å². The maximum Gasteiger partial charge on any atom is 0.0587 e. The fourth-order valence-corrected chi connectivity index (χ4v) is 2.01. The summed E-state index contributed by atoms with van der Waals surface area (Å²) >= 11 is 0. The van der Waals surface area contributed by atoms with Crippen LogP contribution in [0.3, 0.4) is 0 Å². The van der Waals surface area contributed by atoms with Crippen molar-refractivity contribution >= 4 is 0 Å². The molecule has 3 nitrogen and oxygen atoms in total. The van der Waals surface area contributed by atoms with Gasteiger partial charge >= 0.3 is 0 Å². The Labute approximate surface area is 110 Å². The normalized spacial score (nSPS) is 14.7. The molecule has 3 heteroatoms. The lowest BCUT2D eigenvalue weighted by atomic mass is 9.95. The van der Waals surface area contributed by atoms with Crippen molar-refractivity contribution in [2.75, 3.05) is 19.7 Å². The average Bonchev–Trinajstić information content (AvgIpc) is 2.38. The quantitative estimate of drug-likeness (QED) is 0.654. The molecule has 1 rings (SSSR count). The van der Waals surface area contributed by atoms with Crippen molar-refractivity contribution in [3.8, 4) is 0 Å². The van der Waals surface area contributed by atoms with Crippen molar-refractivity contribution in [1.82, 2.24) is 5.32 Å². The van der Waals surface area contributed by atoms with Crippen LogP contribution in [0, 0.1) is 11.8 Å². The molecule has 1 unspecified atom stereocenters. The highest BCUT2D eigenvalue weighted by Gasteiger charge is 2.14. The van der Waals surface area contributed by atoms with E-state index in [0.29, 0.717) is 18.4 Å². The van der Waals surface area contributed by atoms with E-state index < -0.39 is 0 Å². The van der Waals surface area contributed by atoms with Gasteiger partial charge in [0.2, 0.25) is 0 Å². The predicted molar refractivity (Wildman–Crippen MR) is 76.4 cm³/mol. The third-order valence-corrected chi connectivity index (χ3v) is 3.46. The number of aliphatic hydroxyl groups excluding tert-OH is 1. The Hall–Kier alpha value is -0.900. The molecular weight excluding hydrogens is 224 g/mol. The van der Waals surface area contributed by atoms with Gasteiger partial charge in [0, 0.05) is 6.04 Å². The highest BCUT2D eigenvalue weighted by atomic mass is 16.3. The molecule has 18 heavy (non-hydrogen) atoms. The molecule has 0 saturated heterocycles. The fraction of sp³-hybridized carbons (Fsp3) is 0.600. The van der Waals surface area contributed by atoms with Gasteiger partial charge in [-0.2, -0.15) is 0 Å². The summed E-state index contributed by atoms with van der Waals surface area (Å²) in [5, 5.41) is 12.8. The van der Waals surface area contributed by atoms with Gasteiger partial charge in [-0.1, -0.05) is 44.2 Å². The lowest BCUT2D eigenvalue weighted by Gasteiger charge is -2.23. The highest BCUT2D eigenvalue weighted by Crippen LogP contribution is 2.09. The number of hydrogen-bond donors (Lipinski definition) is 3. The van der Waals surface area contributed by atoms with Gasteiger partial charge in [0.05, 0.1) is 6.61 Å². The molecule has 0 fully saturated rings. The predicted octanol–water partition coefficient (Wildman–Crippen LogP) is 1.41. The molecular formula is C15H26N2O. The third kappa shape index (κ3) is 5.17. The van der Waals surface area contributed by atoms with Crippen LogP contribution in [0.4, 0.5) is 0 Å². The van der Waals surface area contributed by atoms with Crippen LogP contribution in [0.5, 0.6) is 0 Å². The van der Waals surface area contributed by atoms with Crippen molar-refractivity contribution in [3.05, 3.63) is 35.9 Å². The Morgan fingerprint density at radius 2 is 1.89 bits per heavy atom. The van der Waals surface area contributed by atoms with Gasteiger partial charge < -0.3 is 16.2 Å². The first-order chi connectivity index (χ1) is 8.67. The Morgan fingerprint density at radius 1 is 1.22 bits per heavy atom. The van der Waals surface area contributed by atoms with Crippen LogP contribution in [-0.4, -0.2) is 30.8 Å². The van der Waals surface area contributed by atoms with E-state index in [0.717, 1.165) is 13.0 Å². The zero-order valence-electron chi connectivity index (χ0n) is 11.5. The summed E-state index contributed by atoms with van der Waals surface area (Å²) in [4.78, 5) is 0. The number of nitrogens with two attached hydrogens (primary N) is 1. The Bertz CT molecular complexity index is 314. The van der Waals surface area contributed by atoms with Crippen LogP contribution in [-0.2, 0) is 6.42 Å². The molecule has 2 atom stereocenters. The van der Waals surface area contributed by atoms with Crippen LogP contribution in [0.2, 0.25) is 0 Å². The summed E-state index contributed by atoms with van der Waals surface area (Å²) in [7, 11) is 0. The fourth-order valence-electron chi connectivity index (χ4n) is 2.01. The Balaban J connectivity index is 2.42. The molecule has 4 N–H and O–H groups in total. The van der Waals surface area contributed by atoms with Crippen LogP contribution < -0.4 is 11.1 Å². The Morgan fingerprint density at radius 3 is 2.39 bits per heavy atom. The number of hydrogen-bond acceptors (Lipinski definition) is 3. The molecule has 102 valence electrons. The zero-order valence-corrected chi connectivity index (χ0v) is 11.5. The van der Waals surface area contributed by atoms with Crippen LogP contribution in [0.25, 0.3) is 0 Å². The Kier molecular flexibility index (Phi) is 6.94. The standard InChI is InChI=1S/C15H26N2O/c1-12(2)14(9-16)10-17-15(11-18)8-13-6-4-3-5-7-13/h3-7,12,14-15,17-18H,8-11,16H2,1-2H3/t14?,15-/m1/s1. The summed E-state index contributed by atoms with van der Waals surface area (Å²) < 4.78 is 0. The van der Waals surface area contributed by atoms with E-state index in [1.54, 1.807) is 0 Å². The van der Waals surface area contributed by atoms with E-state index in [2.05, 4.69) is 31.3 Å². The number of nitrogens with one attached hydrogen (secondary N) is 1. The minimum Gasteiger partial charge on any atom is -0.395 e. The highest BCUT2D eigenvalue weighted by molar-refractivity contribution is 5.15. The molecule has 0 radical (unpaired) electrons. The molecule has 0 saturated carbocycles. The van der Waals surface area contributed by atoms with Crippen LogP contribution >= 0.6 is 0 Å². The smallest absolute Gasteiger partial charge is 0.0587 e. The summed E-state index contributed by atoms with van der Waals surface area (Å²) in [5.74, 6) is 1.04. The second kappa shape index (κ2) is 8.25. The second-order valence-corrected chi connectivity index (χ2v) is 5.22. The van der Waals surface area contributed by atoms with Crippen molar-refractivity contribution in [2.24, 2.45) is 17.6 Å². The minimum atomic E-state index is 0.111. The van der Waals surface area contributed by atoms with E-state index in [-0.39, 0.29) is 12.6 Å². The third-order valence-electron chi connectivity index (χ3n) is 3.46. The molecule has 0 aliphatic rings. The van der Waals surface area contributed by atoms with E-state index in [4.69, 9.17) is 5.73 Å². The van der Waals surface area contributed by atoms with Gasteiger partial charge in [-0.3, -0.25) is 0 Å². The van der Waals surface area contributed by atoms with Gasteiger partial charge in [-0.05, 0) is 36.9 Å². The molecule has 0 aliphatic heterocycles. The SMILES string of the molecule is CC(C)C(CN)CN[C@@H](CO)Cc1ccccc1. The topological polar surface area (TPSA) is 58.3 Å². The van der Waals surface area contributed by atoms with Gasteiger partial charge in [0.15, 0.2) is 0 Å². The molecule has 0 spiro atoms. The average molecular weight is 250 g/mol. The monoisotopic (exact) mass is 250 g/mol. The van der Waals surface area contributed by atoms with Crippen molar-refractivity contribution in [2.45, 2.75) is 26.3 Å². The summed E-state index contributed by atoms with van der Waals surface area (Å²) in [5.41, 5.74) is 7.00. The first-order valence-electron chi connectivity index (χ1n) is 6.75. The lowest BCUT2D eigenvalue weighted by molar-refractivity contribution is 0.230. The molecule has 0 aliphatic carbocycles. The number of aliphatic hydroxyl groups is 1. The summed E-state index contributed by atoms with van der Waals surface area (Å²) in [6.45, 7) is 6.08. The number of benzene rings is 1. The van der Waals surface area contributed by atoms with Gasteiger partial charge in [0.1, 0.15) is 0 Å². The van der Waals surface area contributed by atoms with Gasteiger partial charge in [-0.25, -0.2) is 0 Å². The van der Waals surface area contributed by atoms with Gasteiger partial charge in [0.25, 0.3) is 0 Å². The summed E-state index contributed by atoms with van der Waals surface area (Å²) in [6.07, 6.45) is 0.854. The molecule has 0 heterocycles. The first kappa shape index (κ1) is 15.2. The maximum absolute atomic E-state index is 9.42. The van der Waals surface area contributed by atoms with Crippen LogP contribution in [0.1, 0.15) is 19.4 Å². The second-order valence-electron chi connectivity index (χ2n) is 5.22. The van der Waals surface area contributed by atoms with Crippen molar-refractivity contribution in [1.29, 1.82) is 0 Å². The largest absolute Gasteiger partial charge is 0.395 e. The summed E-state index contributed by atoms with van der Waals surface area (Å²) in [6, 6.07) is 10.4. The molecule has 0 amide bonds. The first-order valence-corrected chi connectivity index (χ1v) is 6.75. The molecule has 1 aromatic carbocycles. The molecule has 0 bridgehead atoms. The zero-order chi connectivity index (χ0) is 13.4. The van der Waals surface area contributed by atoms with Crippen LogP contribution in [0.15, 0.2) is 30.3 Å². The van der Waals surface area contributed by atoms with Gasteiger partial charge in [-0.15, -0.1) is 0 Å².